The minimum absolute atomic E-state index is 0.0154. The third-order valence-electron chi connectivity index (χ3n) is 4.18. The van der Waals surface area contributed by atoms with E-state index in [-0.39, 0.29) is 47.2 Å². The van der Waals surface area contributed by atoms with Gasteiger partial charge in [-0.05, 0) is 45.0 Å². The average molecular weight is 462 g/mol. The molecule has 0 fully saturated rings. The molecule has 0 aliphatic carbocycles. The number of benzene rings is 1. The van der Waals surface area contributed by atoms with Gasteiger partial charge in [0, 0.05) is 25.3 Å². The molecule has 0 saturated heterocycles. The van der Waals surface area contributed by atoms with Crippen molar-refractivity contribution >= 4 is 45.6 Å². The fourth-order valence-electron chi connectivity index (χ4n) is 2.74. The number of hydrogen-bond donors (Lipinski definition) is 0. The summed E-state index contributed by atoms with van der Waals surface area (Å²) in [5, 5.41) is 8.55. The monoisotopic (exact) mass is 461 g/mol. The first-order chi connectivity index (χ1) is 15.3. The fourth-order valence-corrected chi connectivity index (χ4v) is 3.77. The van der Waals surface area contributed by atoms with E-state index in [0.29, 0.717) is 5.69 Å². The second-order valence-electron chi connectivity index (χ2n) is 6.62. The van der Waals surface area contributed by atoms with Crippen molar-refractivity contribution in [3.05, 3.63) is 40.3 Å². The maximum Gasteiger partial charge on any atom is 0.348 e. The SMILES string of the molecule is CCOC(=O)Cc1c(C(=O)OCC)sc(N=Nc2ccc(N(C)C)cc2)c1C(=O)OCC. The Bertz CT molecular complexity index is 982. The third kappa shape index (κ3) is 6.36. The fraction of sp³-hybridized carbons (Fsp3) is 0.409. The van der Waals surface area contributed by atoms with Gasteiger partial charge < -0.3 is 19.1 Å². The lowest BCUT2D eigenvalue weighted by Gasteiger charge is -2.11. The van der Waals surface area contributed by atoms with Crippen molar-refractivity contribution < 1.29 is 28.6 Å². The van der Waals surface area contributed by atoms with Gasteiger partial charge in [0.2, 0.25) is 0 Å². The Morgan fingerprint density at radius 3 is 2.03 bits per heavy atom. The largest absolute Gasteiger partial charge is 0.466 e. The van der Waals surface area contributed by atoms with E-state index in [9.17, 15) is 14.4 Å². The first-order valence-corrected chi connectivity index (χ1v) is 11.0. The molecule has 0 unspecified atom stereocenters. The average Bonchev–Trinajstić information content (AvgIpc) is 3.11. The molecule has 0 aliphatic rings. The van der Waals surface area contributed by atoms with E-state index >= 15 is 0 Å². The number of hydrogen-bond acceptors (Lipinski definition) is 10. The highest BCUT2D eigenvalue weighted by molar-refractivity contribution is 7.18. The van der Waals surface area contributed by atoms with Crippen LogP contribution >= 0.6 is 11.3 Å². The Hall–Kier alpha value is -3.27. The standard InChI is InChI=1S/C22H27N3O6S/c1-6-29-17(26)13-16-18(21(27)30-7-2)20(32-19(16)22(28)31-8-3)24-23-14-9-11-15(12-10-14)25(4)5/h9-12H,6-8,13H2,1-5H3. The summed E-state index contributed by atoms with van der Waals surface area (Å²) in [6, 6.07) is 7.32. The second kappa shape index (κ2) is 11.9. The highest BCUT2D eigenvalue weighted by Gasteiger charge is 2.30. The topological polar surface area (TPSA) is 107 Å². The molecule has 0 N–H and O–H groups in total. The van der Waals surface area contributed by atoms with Crippen molar-refractivity contribution in [1.29, 1.82) is 0 Å². The Morgan fingerprint density at radius 2 is 1.47 bits per heavy atom. The van der Waals surface area contributed by atoms with Gasteiger partial charge in [0.15, 0.2) is 5.00 Å². The van der Waals surface area contributed by atoms with Gasteiger partial charge in [-0.3, -0.25) is 4.79 Å². The molecule has 1 aromatic heterocycles. The van der Waals surface area contributed by atoms with Crippen LogP contribution in [0.4, 0.5) is 16.4 Å². The van der Waals surface area contributed by atoms with Gasteiger partial charge in [-0.1, -0.05) is 0 Å². The maximum atomic E-state index is 12.7. The molecule has 0 amide bonds. The lowest BCUT2D eigenvalue weighted by molar-refractivity contribution is -0.142. The van der Waals surface area contributed by atoms with Crippen molar-refractivity contribution in [3.63, 3.8) is 0 Å². The van der Waals surface area contributed by atoms with Crippen LogP contribution in [0.3, 0.4) is 0 Å². The van der Waals surface area contributed by atoms with Crippen LogP contribution in [0.25, 0.3) is 0 Å². The number of azo groups is 1. The first kappa shape index (κ1) is 25.0. The summed E-state index contributed by atoms with van der Waals surface area (Å²) in [5.41, 5.74) is 1.74. The summed E-state index contributed by atoms with van der Waals surface area (Å²) >= 11 is 0.924. The van der Waals surface area contributed by atoms with Gasteiger partial charge >= 0.3 is 17.9 Å². The summed E-state index contributed by atoms with van der Waals surface area (Å²) in [6.45, 7) is 5.42. The minimum atomic E-state index is -0.699. The number of esters is 3. The van der Waals surface area contributed by atoms with E-state index in [0.717, 1.165) is 17.0 Å². The number of carbonyl (C=O) groups excluding carboxylic acids is 3. The number of anilines is 1. The van der Waals surface area contributed by atoms with Crippen molar-refractivity contribution in [2.45, 2.75) is 27.2 Å². The van der Waals surface area contributed by atoms with E-state index < -0.39 is 17.9 Å². The summed E-state index contributed by atoms with van der Waals surface area (Å²) in [4.78, 5) is 39.5. The molecule has 9 nitrogen and oxygen atoms in total. The molecular weight excluding hydrogens is 434 g/mol. The van der Waals surface area contributed by atoms with E-state index in [1.54, 1.807) is 32.9 Å². The molecule has 0 spiro atoms. The normalized spacial score (nSPS) is 10.8. The third-order valence-corrected chi connectivity index (χ3v) is 5.27. The predicted molar refractivity (Wildman–Crippen MR) is 122 cm³/mol. The minimum Gasteiger partial charge on any atom is -0.466 e. The van der Waals surface area contributed by atoms with Crippen LogP contribution < -0.4 is 4.90 Å². The van der Waals surface area contributed by atoms with Gasteiger partial charge in [0.1, 0.15) is 10.4 Å². The summed E-state index contributed by atoms with van der Waals surface area (Å²) < 4.78 is 15.3. The Kier molecular flexibility index (Phi) is 9.33. The second-order valence-corrected chi connectivity index (χ2v) is 7.62. The lowest BCUT2D eigenvalue weighted by Crippen LogP contribution is -2.15. The maximum absolute atomic E-state index is 12.7. The van der Waals surface area contributed by atoms with Gasteiger partial charge in [0.05, 0.1) is 31.9 Å². The molecule has 172 valence electrons. The van der Waals surface area contributed by atoms with Crippen molar-refractivity contribution in [2.75, 3.05) is 38.8 Å². The zero-order valence-corrected chi connectivity index (χ0v) is 19.7. The van der Waals surface area contributed by atoms with Crippen molar-refractivity contribution in [2.24, 2.45) is 10.2 Å². The molecule has 0 radical (unpaired) electrons. The molecule has 32 heavy (non-hydrogen) atoms. The number of rotatable bonds is 10. The predicted octanol–water partition coefficient (Wildman–Crippen LogP) is 4.69. The van der Waals surface area contributed by atoms with E-state index in [4.69, 9.17) is 14.2 Å². The van der Waals surface area contributed by atoms with Crippen LogP contribution in [0.2, 0.25) is 0 Å². The number of thiophene rings is 1. The zero-order valence-electron chi connectivity index (χ0n) is 18.8. The van der Waals surface area contributed by atoms with Crippen LogP contribution in [0.5, 0.6) is 0 Å². The van der Waals surface area contributed by atoms with E-state index in [1.807, 2.05) is 31.1 Å². The van der Waals surface area contributed by atoms with Crippen LogP contribution in [-0.4, -0.2) is 51.8 Å². The van der Waals surface area contributed by atoms with Crippen molar-refractivity contribution in [3.8, 4) is 0 Å². The molecule has 0 atom stereocenters. The molecule has 0 saturated carbocycles. The molecular formula is C22H27N3O6S. The van der Waals surface area contributed by atoms with E-state index in [1.165, 1.54) is 0 Å². The van der Waals surface area contributed by atoms with Crippen LogP contribution in [-0.2, 0) is 25.4 Å². The highest BCUT2D eigenvalue weighted by Crippen LogP contribution is 2.38. The Labute approximate surface area is 191 Å². The smallest absolute Gasteiger partial charge is 0.348 e. The van der Waals surface area contributed by atoms with Crippen LogP contribution in [0.15, 0.2) is 34.5 Å². The number of ether oxygens (including phenoxy) is 3. The molecule has 0 bridgehead atoms. The zero-order chi connectivity index (χ0) is 23.7. The van der Waals surface area contributed by atoms with Crippen molar-refractivity contribution in [1.82, 2.24) is 0 Å². The molecule has 1 heterocycles. The van der Waals surface area contributed by atoms with Gasteiger partial charge in [0.25, 0.3) is 0 Å². The molecule has 2 rings (SSSR count). The number of nitrogens with zero attached hydrogens (tertiary/aromatic N) is 3. The van der Waals surface area contributed by atoms with Crippen LogP contribution in [0, 0.1) is 0 Å². The molecule has 10 heteroatoms. The summed E-state index contributed by atoms with van der Waals surface area (Å²) in [5.74, 6) is -1.93. The quantitative estimate of drug-likeness (QED) is 0.287. The summed E-state index contributed by atoms with van der Waals surface area (Å²) in [7, 11) is 3.85. The van der Waals surface area contributed by atoms with Gasteiger partial charge in [-0.15, -0.1) is 21.6 Å². The summed E-state index contributed by atoms with van der Waals surface area (Å²) in [6.07, 6.45) is -0.292. The Morgan fingerprint density at radius 1 is 0.875 bits per heavy atom. The Balaban J connectivity index is 2.54. The van der Waals surface area contributed by atoms with Gasteiger partial charge in [-0.25, -0.2) is 9.59 Å². The molecule has 0 aliphatic heterocycles. The van der Waals surface area contributed by atoms with E-state index in [2.05, 4.69) is 10.2 Å². The first-order valence-electron chi connectivity index (χ1n) is 10.2. The van der Waals surface area contributed by atoms with Crippen LogP contribution in [0.1, 0.15) is 46.4 Å². The molecule has 2 aromatic rings. The highest BCUT2D eigenvalue weighted by atomic mass is 32.1. The lowest BCUT2D eigenvalue weighted by atomic mass is 10.1. The molecule has 1 aromatic carbocycles. The van der Waals surface area contributed by atoms with Gasteiger partial charge in [-0.2, -0.15) is 0 Å². The number of carbonyl (C=O) groups is 3.